The van der Waals surface area contributed by atoms with Crippen LogP contribution in [0.5, 0.6) is 11.5 Å². The zero-order valence-electron chi connectivity index (χ0n) is 19.2. The van der Waals surface area contributed by atoms with E-state index in [4.69, 9.17) is 21.1 Å². The van der Waals surface area contributed by atoms with Gasteiger partial charge in [-0.1, -0.05) is 43.6 Å². The van der Waals surface area contributed by atoms with Gasteiger partial charge in [-0.2, -0.15) is 0 Å². The highest BCUT2D eigenvalue weighted by Crippen LogP contribution is 2.30. The zero-order chi connectivity index (χ0) is 24.5. The largest absolute Gasteiger partial charge is 0.494 e. The Balaban J connectivity index is 1.84. The van der Waals surface area contributed by atoms with Crippen molar-refractivity contribution in [1.82, 2.24) is 5.32 Å². The SMILES string of the molecule is CCCOc1ccc(C(=O)NCc2cc(-c3cccc(C=O)c3F)ccc2OCCC)c(Cl)c1. The normalized spacial score (nSPS) is 10.6. The summed E-state index contributed by atoms with van der Waals surface area (Å²) >= 11 is 6.30. The molecule has 7 heteroatoms. The number of aldehydes is 1. The Morgan fingerprint density at radius 1 is 1.03 bits per heavy atom. The van der Waals surface area contributed by atoms with Crippen LogP contribution in [0.15, 0.2) is 54.6 Å². The van der Waals surface area contributed by atoms with Crippen molar-refractivity contribution in [1.29, 1.82) is 0 Å². The minimum atomic E-state index is -0.591. The molecular formula is C27H27ClFNO4. The first-order valence-electron chi connectivity index (χ1n) is 11.2. The third-order valence-electron chi connectivity index (χ3n) is 5.09. The second kappa shape index (κ2) is 12.2. The molecule has 178 valence electrons. The molecule has 1 amide bonds. The van der Waals surface area contributed by atoms with E-state index in [0.717, 1.165) is 12.8 Å². The molecule has 0 atom stereocenters. The molecule has 0 heterocycles. The van der Waals surface area contributed by atoms with Crippen LogP contribution in [0.3, 0.4) is 0 Å². The van der Waals surface area contributed by atoms with Gasteiger partial charge >= 0.3 is 0 Å². The summed E-state index contributed by atoms with van der Waals surface area (Å²) in [5.41, 5.74) is 1.85. The van der Waals surface area contributed by atoms with Crippen LogP contribution in [-0.2, 0) is 6.54 Å². The number of ether oxygens (including phenoxy) is 2. The molecule has 0 spiro atoms. The highest BCUT2D eigenvalue weighted by atomic mass is 35.5. The summed E-state index contributed by atoms with van der Waals surface area (Å²) < 4.78 is 26.1. The summed E-state index contributed by atoms with van der Waals surface area (Å²) in [6, 6.07) is 14.8. The Bertz CT molecular complexity index is 1170. The van der Waals surface area contributed by atoms with E-state index >= 15 is 0 Å². The van der Waals surface area contributed by atoms with Crippen molar-refractivity contribution in [3.63, 3.8) is 0 Å². The molecule has 0 radical (unpaired) electrons. The van der Waals surface area contributed by atoms with Gasteiger partial charge in [0.2, 0.25) is 0 Å². The maximum atomic E-state index is 14.7. The first kappa shape index (κ1) is 25.2. The molecule has 0 fully saturated rings. The minimum absolute atomic E-state index is 0.0142. The van der Waals surface area contributed by atoms with E-state index in [1.807, 2.05) is 13.8 Å². The van der Waals surface area contributed by atoms with E-state index in [1.54, 1.807) is 48.5 Å². The van der Waals surface area contributed by atoms with Crippen LogP contribution in [0.4, 0.5) is 4.39 Å². The van der Waals surface area contributed by atoms with Crippen LogP contribution in [0.1, 0.15) is 53.0 Å². The number of nitrogens with one attached hydrogen (secondary N) is 1. The lowest BCUT2D eigenvalue weighted by Crippen LogP contribution is -2.23. The lowest BCUT2D eigenvalue weighted by molar-refractivity contribution is 0.0950. The standard InChI is InChI=1S/C27H27ClFNO4/c1-3-12-33-21-9-10-23(24(28)15-21)27(32)30-16-20-14-18(8-11-25(20)34-13-4-2)22-7-5-6-19(17-31)26(22)29/h5-11,14-15,17H,3-4,12-13,16H2,1-2H3,(H,30,32). The number of halogens is 2. The van der Waals surface area contributed by atoms with E-state index in [-0.39, 0.29) is 23.0 Å². The number of carbonyl (C=O) groups is 2. The number of amides is 1. The lowest BCUT2D eigenvalue weighted by atomic mass is 9.99. The van der Waals surface area contributed by atoms with Crippen molar-refractivity contribution in [3.8, 4) is 22.6 Å². The Morgan fingerprint density at radius 3 is 2.50 bits per heavy atom. The smallest absolute Gasteiger partial charge is 0.253 e. The average Bonchev–Trinajstić information content (AvgIpc) is 2.85. The van der Waals surface area contributed by atoms with E-state index < -0.39 is 5.82 Å². The number of carbonyl (C=O) groups excluding carboxylic acids is 2. The number of hydrogen-bond acceptors (Lipinski definition) is 4. The van der Waals surface area contributed by atoms with Gasteiger partial charge in [0, 0.05) is 17.7 Å². The van der Waals surface area contributed by atoms with Gasteiger partial charge in [-0.15, -0.1) is 0 Å². The molecule has 1 N–H and O–H groups in total. The second-order valence-corrected chi connectivity index (χ2v) is 8.08. The highest BCUT2D eigenvalue weighted by Gasteiger charge is 2.15. The van der Waals surface area contributed by atoms with E-state index in [9.17, 15) is 14.0 Å². The fourth-order valence-electron chi connectivity index (χ4n) is 3.36. The monoisotopic (exact) mass is 483 g/mol. The summed E-state index contributed by atoms with van der Waals surface area (Å²) in [5.74, 6) is 0.248. The predicted molar refractivity (Wildman–Crippen MR) is 131 cm³/mol. The van der Waals surface area contributed by atoms with Crippen molar-refractivity contribution >= 4 is 23.8 Å². The van der Waals surface area contributed by atoms with Crippen LogP contribution in [0.2, 0.25) is 5.02 Å². The van der Waals surface area contributed by atoms with Gasteiger partial charge in [0.05, 0.1) is 29.4 Å². The highest BCUT2D eigenvalue weighted by molar-refractivity contribution is 6.34. The molecule has 5 nitrogen and oxygen atoms in total. The molecule has 3 aromatic carbocycles. The molecule has 0 aliphatic carbocycles. The van der Waals surface area contributed by atoms with Gasteiger partial charge < -0.3 is 14.8 Å². The van der Waals surface area contributed by atoms with E-state index in [0.29, 0.717) is 53.3 Å². The minimum Gasteiger partial charge on any atom is -0.494 e. The fraction of sp³-hybridized carbons (Fsp3) is 0.259. The van der Waals surface area contributed by atoms with Crippen molar-refractivity contribution in [2.75, 3.05) is 13.2 Å². The molecule has 3 aromatic rings. The zero-order valence-corrected chi connectivity index (χ0v) is 20.0. The summed E-state index contributed by atoms with van der Waals surface area (Å²) in [4.78, 5) is 23.9. The molecule has 34 heavy (non-hydrogen) atoms. The van der Waals surface area contributed by atoms with Gasteiger partial charge in [-0.25, -0.2) is 4.39 Å². The van der Waals surface area contributed by atoms with E-state index in [1.165, 1.54) is 6.07 Å². The van der Waals surface area contributed by atoms with Crippen LogP contribution in [-0.4, -0.2) is 25.4 Å². The Morgan fingerprint density at radius 2 is 1.79 bits per heavy atom. The van der Waals surface area contributed by atoms with Crippen molar-refractivity contribution in [2.24, 2.45) is 0 Å². The topological polar surface area (TPSA) is 64.6 Å². The maximum absolute atomic E-state index is 14.7. The number of hydrogen-bond donors (Lipinski definition) is 1. The summed E-state index contributed by atoms with van der Waals surface area (Å²) in [5, 5.41) is 3.14. The molecular weight excluding hydrogens is 457 g/mol. The van der Waals surface area contributed by atoms with Crippen molar-refractivity contribution < 1.29 is 23.5 Å². The molecule has 0 bridgehead atoms. The fourth-order valence-corrected chi connectivity index (χ4v) is 3.62. The van der Waals surface area contributed by atoms with Crippen LogP contribution in [0, 0.1) is 5.82 Å². The molecule has 3 rings (SSSR count). The Kier molecular flexibility index (Phi) is 9.05. The first-order chi connectivity index (χ1) is 16.5. The second-order valence-electron chi connectivity index (χ2n) is 7.67. The van der Waals surface area contributed by atoms with Crippen molar-refractivity contribution in [3.05, 3.63) is 82.1 Å². The van der Waals surface area contributed by atoms with Crippen LogP contribution >= 0.6 is 11.6 Å². The molecule has 0 saturated heterocycles. The molecule has 0 unspecified atom stereocenters. The van der Waals surface area contributed by atoms with Crippen LogP contribution in [0.25, 0.3) is 11.1 Å². The lowest BCUT2D eigenvalue weighted by Gasteiger charge is -2.15. The summed E-state index contributed by atoms with van der Waals surface area (Å²) in [6.07, 6.45) is 2.16. The quantitative estimate of drug-likeness (QED) is 0.317. The number of rotatable bonds is 11. The average molecular weight is 484 g/mol. The predicted octanol–water partition coefficient (Wildman–Crippen LogP) is 6.47. The third-order valence-corrected chi connectivity index (χ3v) is 5.40. The molecule has 0 aliphatic heterocycles. The van der Waals surface area contributed by atoms with Gasteiger partial charge in [0.25, 0.3) is 5.91 Å². The van der Waals surface area contributed by atoms with Gasteiger partial charge in [-0.05, 0) is 54.8 Å². The van der Waals surface area contributed by atoms with Gasteiger partial charge in [0.15, 0.2) is 6.29 Å². The van der Waals surface area contributed by atoms with Crippen LogP contribution < -0.4 is 14.8 Å². The van der Waals surface area contributed by atoms with Gasteiger partial charge in [0.1, 0.15) is 17.3 Å². The summed E-state index contributed by atoms with van der Waals surface area (Å²) in [6.45, 7) is 5.21. The summed E-state index contributed by atoms with van der Waals surface area (Å²) in [7, 11) is 0. The third kappa shape index (κ3) is 6.14. The van der Waals surface area contributed by atoms with E-state index in [2.05, 4.69) is 5.32 Å². The number of benzene rings is 3. The molecule has 0 saturated carbocycles. The Labute approximate surface area is 203 Å². The molecule has 0 aromatic heterocycles. The first-order valence-corrected chi connectivity index (χ1v) is 11.6. The Hall–Kier alpha value is -3.38. The van der Waals surface area contributed by atoms with Gasteiger partial charge in [-0.3, -0.25) is 9.59 Å². The molecule has 0 aliphatic rings. The van der Waals surface area contributed by atoms with Crippen molar-refractivity contribution in [2.45, 2.75) is 33.2 Å². The maximum Gasteiger partial charge on any atom is 0.253 e.